The largest absolute Gasteiger partial charge is 0.355 e. The van der Waals surface area contributed by atoms with Crippen molar-refractivity contribution in [2.75, 3.05) is 32.7 Å². The summed E-state index contributed by atoms with van der Waals surface area (Å²) in [5.74, 6) is 0.365. The van der Waals surface area contributed by atoms with Crippen LogP contribution in [0.4, 0.5) is 0 Å². The summed E-state index contributed by atoms with van der Waals surface area (Å²) >= 11 is 0. The lowest BCUT2D eigenvalue weighted by atomic mass is 10.0. The minimum absolute atomic E-state index is 0.00875. The van der Waals surface area contributed by atoms with Gasteiger partial charge in [-0.15, -0.1) is 0 Å². The van der Waals surface area contributed by atoms with E-state index in [0.29, 0.717) is 6.54 Å². The second kappa shape index (κ2) is 9.72. The van der Waals surface area contributed by atoms with Gasteiger partial charge in [0.05, 0.1) is 12.1 Å². The Morgan fingerprint density at radius 2 is 1.45 bits per heavy atom. The zero-order valence-electron chi connectivity index (χ0n) is 17.3. The summed E-state index contributed by atoms with van der Waals surface area (Å²) in [7, 11) is 0. The normalized spacial score (nSPS) is 30.1. The standard InChI is InChI=1S/C23H34N4O2/c28-22-20-9-4-14-27(20)16-11-19(17-18-7-2-1-3-8-18)25-23(29)21-10-5-13-26(21)15-6-12-24-22/h1-3,7-8,19-21H,4-6,9-17H2,(H,24,28)(H,25,29)/t19-,20-,21-/m0/s1. The van der Waals surface area contributed by atoms with E-state index in [1.54, 1.807) is 0 Å². The minimum Gasteiger partial charge on any atom is -0.355 e. The molecule has 0 spiro atoms. The van der Waals surface area contributed by atoms with Crippen molar-refractivity contribution in [1.82, 2.24) is 20.4 Å². The molecule has 1 aromatic carbocycles. The molecule has 3 heterocycles. The highest BCUT2D eigenvalue weighted by Gasteiger charge is 2.34. The molecule has 0 saturated carbocycles. The molecule has 3 saturated heterocycles. The Kier molecular flexibility index (Phi) is 6.82. The number of nitrogens with zero attached hydrogens (tertiary/aromatic N) is 2. The summed E-state index contributed by atoms with van der Waals surface area (Å²) in [6, 6.07) is 10.5. The van der Waals surface area contributed by atoms with E-state index in [9.17, 15) is 9.59 Å². The summed E-state index contributed by atoms with van der Waals surface area (Å²) in [4.78, 5) is 30.4. The maximum atomic E-state index is 13.1. The summed E-state index contributed by atoms with van der Waals surface area (Å²) in [6.07, 6.45) is 6.63. The molecule has 0 bridgehead atoms. The molecule has 3 aliphatic rings. The predicted octanol–water partition coefficient (Wildman–Crippen LogP) is 1.55. The monoisotopic (exact) mass is 398 g/mol. The number of carbonyl (C=O) groups excluding carboxylic acids is 2. The first-order valence-electron chi connectivity index (χ1n) is 11.3. The van der Waals surface area contributed by atoms with Gasteiger partial charge in [0, 0.05) is 25.7 Å². The molecule has 2 amide bonds. The van der Waals surface area contributed by atoms with E-state index in [4.69, 9.17) is 0 Å². The van der Waals surface area contributed by atoms with Crippen molar-refractivity contribution in [3.63, 3.8) is 0 Å². The third-order valence-corrected chi connectivity index (χ3v) is 6.69. The first kappa shape index (κ1) is 20.4. The van der Waals surface area contributed by atoms with Crippen molar-refractivity contribution in [3.8, 4) is 0 Å². The summed E-state index contributed by atoms with van der Waals surface area (Å²) < 4.78 is 0. The van der Waals surface area contributed by atoms with Gasteiger partial charge in [-0.1, -0.05) is 30.3 Å². The maximum absolute atomic E-state index is 13.1. The van der Waals surface area contributed by atoms with E-state index in [1.807, 2.05) is 6.07 Å². The van der Waals surface area contributed by atoms with Crippen molar-refractivity contribution in [2.45, 2.75) is 63.1 Å². The lowest BCUT2D eigenvalue weighted by Gasteiger charge is -2.30. The molecule has 0 aromatic heterocycles. The molecular formula is C23H34N4O2. The molecule has 6 heteroatoms. The van der Waals surface area contributed by atoms with Crippen LogP contribution >= 0.6 is 0 Å². The highest BCUT2D eigenvalue weighted by molar-refractivity contribution is 5.82. The molecule has 6 nitrogen and oxygen atoms in total. The molecular weight excluding hydrogens is 364 g/mol. The fraction of sp³-hybridized carbons (Fsp3) is 0.652. The van der Waals surface area contributed by atoms with E-state index < -0.39 is 0 Å². The van der Waals surface area contributed by atoms with Gasteiger partial charge in [-0.2, -0.15) is 0 Å². The molecule has 0 aliphatic carbocycles. The number of hydrogen-bond acceptors (Lipinski definition) is 4. The maximum Gasteiger partial charge on any atom is 0.237 e. The number of fused-ring (bicyclic) bond motifs is 2. The van der Waals surface area contributed by atoms with E-state index >= 15 is 0 Å². The SMILES string of the molecule is O=C1NCCCN2CCC[C@H]2C(=O)N[C@H](Cc2ccccc2)CCN2CCC[C@@H]12. The molecule has 29 heavy (non-hydrogen) atoms. The Balaban J connectivity index is 1.50. The molecule has 1 aromatic rings. The van der Waals surface area contributed by atoms with Crippen LogP contribution in [0.2, 0.25) is 0 Å². The Bertz CT molecular complexity index is 695. The highest BCUT2D eigenvalue weighted by Crippen LogP contribution is 2.21. The lowest BCUT2D eigenvalue weighted by molar-refractivity contribution is -0.127. The van der Waals surface area contributed by atoms with E-state index in [0.717, 1.165) is 71.1 Å². The predicted molar refractivity (Wildman–Crippen MR) is 114 cm³/mol. The molecule has 0 unspecified atom stereocenters. The molecule has 0 radical (unpaired) electrons. The highest BCUT2D eigenvalue weighted by atomic mass is 16.2. The second-order valence-electron chi connectivity index (χ2n) is 8.72. The summed E-state index contributed by atoms with van der Waals surface area (Å²) in [6.45, 7) is 4.37. The molecule has 3 atom stereocenters. The van der Waals surface area contributed by atoms with Gasteiger partial charge < -0.3 is 10.6 Å². The lowest BCUT2D eigenvalue weighted by Crippen LogP contribution is -2.50. The molecule has 158 valence electrons. The van der Waals surface area contributed by atoms with Gasteiger partial charge in [0.25, 0.3) is 0 Å². The smallest absolute Gasteiger partial charge is 0.237 e. The van der Waals surface area contributed by atoms with Crippen LogP contribution in [-0.4, -0.2) is 72.5 Å². The zero-order valence-corrected chi connectivity index (χ0v) is 17.3. The molecule has 3 fully saturated rings. The van der Waals surface area contributed by atoms with Gasteiger partial charge >= 0.3 is 0 Å². The second-order valence-corrected chi connectivity index (χ2v) is 8.72. The van der Waals surface area contributed by atoms with Gasteiger partial charge in [0.1, 0.15) is 0 Å². The van der Waals surface area contributed by atoms with Crippen molar-refractivity contribution >= 4 is 11.8 Å². The molecule has 4 rings (SSSR count). The van der Waals surface area contributed by atoms with Crippen molar-refractivity contribution in [3.05, 3.63) is 35.9 Å². The minimum atomic E-state index is -0.0218. The third kappa shape index (κ3) is 5.17. The van der Waals surface area contributed by atoms with Crippen molar-refractivity contribution in [1.29, 1.82) is 0 Å². The fourth-order valence-corrected chi connectivity index (χ4v) is 5.14. The molecule has 3 aliphatic heterocycles. The third-order valence-electron chi connectivity index (χ3n) is 6.69. The first-order chi connectivity index (χ1) is 14.2. The van der Waals surface area contributed by atoms with E-state index in [1.165, 1.54) is 5.56 Å². The van der Waals surface area contributed by atoms with Crippen LogP contribution in [0.15, 0.2) is 30.3 Å². The average molecular weight is 399 g/mol. The van der Waals surface area contributed by atoms with Crippen molar-refractivity contribution in [2.24, 2.45) is 0 Å². The topological polar surface area (TPSA) is 64.7 Å². The van der Waals surface area contributed by atoms with E-state index in [2.05, 4.69) is 44.7 Å². The van der Waals surface area contributed by atoms with Crippen LogP contribution in [0.5, 0.6) is 0 Å². The van der Waals surface area contributed by atoms with Crippen LogP contribution in [0.3, 0.4) is 0 Å². The van der Waals surface area contributed by atoms with Crippen LogP contribution in [0.25, 0.3) is 0 Å². The van der Waals surface area contributed by atoms with Gasteiger partial charge in [-0.05, 0) is 63.6 Å². The van der Waals surface area contributed by atoms with Crippen LogP contribution in [0, 0.1) is 0 Å². The average Bonchev–Trinajstić information content (AvgIpc) is 3.39. The summed E-state index contributed by atoms with van der Waals surface area (Å²) in [5.41, 5.74) is 1.25. The van der Waals surface area contributed by atoms with Crippen molar-refractivity contribution < 1.29 is 9.59 Å². The van der Waals surface area contributed by atoms with Gasteiger partial charge in [-0.25, -0.2) is 0 Å². The number of rotatable bonds is 2. The van der Waals surface area contributed by atoms with Crippen LogP contribution in [0.1, 0.15) is 44.1 Å². The first-order valence-corrected chi connectivity index (χ1v) is 11.3. The summed E-state index contributed by atoms with van der Waals surface area (Å²) in [5, 5.41) is 6.52. The van der Waals surface area contributed by atoms with Crippen LogP contribution in [-0.2, 0) is 16.0 Å². The van der Waals surface area contributed by atoms with E-state index in [-0.39, 0.29) is 29.9 Å². The fourth-order valence-electron chi connectivity index (χ4n) is 5.14. The Morgan fingerprint density at radius 3 is 2.21 bits per heavy atom. The number of carbonyl (C=O) groups is 2. The van der Waals surface area contributed by atoms with Gasteiger partial charge in [0.2, 0.25) is 11.8 Å². The Labute approximate surface area is 174 Å². The number of hydrogen-bond donors (Lipinski definition) is 2. The number of benzene rings is 1. The van der Waals surface area contributed by atoms with Gasteiger partial charge in [-0.3, -0.25) is 19.4 Å². The van der Waals surface area contributed by atoms with Gasteiger partial charge in [0.15, 0.2) is 0 Å². The quantitative estimate of drug-likeness (QED) is 0.794. The number of nitrogens with one attached hydrogen (secondary N) is 2. The van der Waals surface area contributed by atoms with Crippen LogP contribution < -0.4 is 10.6 Å². The number of amides is 2. The Hall–Kier alpha value is -1.92. The molecule has 2 N–H and O–H groups in total. The Morgan fingerprint density at radius 1 is 0.793 bits per heavy atom. The zero-order chi connectivity index (χ0) is 20.1.